The Morgan fingerprint density at radius 1 is 0.544 bits per heavy atom. The Kier molecular flexibility index (Phi) is 30.7. The van der Waals surface area contributed by atoms with Crippen LogP contribution in [0.25, 0.3) is 0 Å². The maximum Gasteiger partial charge on any atom is 0.327 e. The van der Waals surface area contributed by atoms with E-state index in [9.17, 15) is 48.3 Å². The van der Waals surface area contributed by atoms with Gasteiger partial charge in [-0.15, -0.1) is 0 Å². The highest BCUT2D eigenvalue weighted by Gasteiger charge is 2.35. The van der Waals surface area contributed by atoms with Gasteiger partial charge in [0.25, 0.3) is 0 Å². The molecule has 68 heavy (non-hydrogen) atoms. The Balaban J connectivity index is 6.17. The molecule has 19 N–H and O–H groups in total. The first-order valence-corrected chi connectivity index (χ1v) is 24.0. The molecule has 0 fully saturated rings. The van der Waals surface area contributed by atoms with Gasteiger partial charge in [-0.25, -0.2) is 4.79 Å². The molecule has 0 aliphatic rings. The van der Waals surface area contributed by atoms with Crippen molar-refractivity contribution < 1.29 is 48.3 Å². The second kappa shape index (κ2) is 33.3. The number of rotatable bonds is 33. The Labute approximate surface area is 414 Å². The molecule has 0 saturated heterocycles. The fourth-order valence-corrected chi connectivity index (χ4v) is 6.81. The molecule has 388 valence electrons. The molecule has 0 aromatic carbocycles. The number of aliphatic imine (C=N–C) groups is 2. The number of hydrogen-bond donors (Lipinski definition) is 17. The molecule has 0 heterocycles. The maximum absolute atomic E-state index is 13.9. The van der Waals surface area contributed by atoms with Gasteiger partial charge in [0.1, 0.15) is 42.3 Å². The normalized spacial score (nSPS) is 15.0. The zero-order valence-electron chi connectivity index (χ0n) is 39.6. The zero-order chi connectivity index (χ0) is 52.3. The van der Waals surface area contributed by atoms with Gasteiger partial charge in [0.05, 0.1) is 12.6 Å². The summed E-state index contributed by atoms with van der Waals surface area (Å²) < 4.78 is 0. The Morgan fingerprint density at radius 2 is 0.985 bits per heavy atom. The van der Waals surface area contributed by atoms with E-state index in [0.29, 0.717) is 12.8 Å². The van der Waals surface area contributed by atoms with Gasteiger partial charge in [-0.1, -0.05) is 48.0 Å². The molecule has 0 saturated carbocycles. The van der Waals surface area contributed by atoms with E-state index in [-0.39, 0.29) is 73.9 Å². The lowest BCUT2D eigenvalue weighted by atomic mass is 9.97. The van der Waals surface area contributed by atoms with Crippen LogP contribution in [0, 0.1) is 17.8 Å². The van der Waals surface area contributed by atoms with Gasteiger partial charge in [-0.3, -0.25) is 48.3 Å². The van der Waals surface area contributed by atoms with Crippen LogP contribution in [0.15, 0.2) is 9.98 Å². The number of carboxylic acids is 1. The first kappa shape index (κ1) is 62.8. The van der Waals surface area contributed by atoms with Gasteiger partial charge < -0.3 is 76.3 Å². The molecular weight excluding hydrogens is 947 g/mol. The molecule has 9 atom stereocenters. The summed E-state index contributed by atoms with van der Waals surface area (Å²) in [5.74, 6) is -9.45. The number of nitrogens with two attached hydrogens (primary N) is 5. The number of thiol groups is 3. The molecule has 25 nitrogen and oxygen atoms in total. The highest BCUT2D eigenvalue weighted by molar-refractivity contribution is 7.80. The van der Waals surface area contributed by atoms with E-state index in [1.165, 1.54) is 0 Å². The quantitative estimate of drug-likeness (QED) is 0.0128. The minimum absolute atomic E-state index is 0.0447. The van der Waals surface area contributed by atoms with Crippen molar-refractivity contribution in [2.24, 2.45) is 56.4 Å². The van der Waals surface area contributed by atoms with Crippen molar-refractivity contribution in [3.05, 3.63) is 0 Å². The van der Waals surface area contributed by atoms with Crippen molar-refractivity contribution in [3.63, 3.8) is 0 Å². The van der Waals surface area contributed by atoms with Crippen LogP contribution in [-0.2, 0) is 43.2 Å². The Morgan fingerprint density at radius 3 is 1.46 bits per heavy atom. The largest absolute Gasteiger partial charge is 0.480 e. The highest BCUT2D eigenvalue weighted by atomic mass is 32.1. The van der Waals surface area contributed by atoms with E-state index in [0.717, 1.165) is 0 Å². The summed E-state index contributed by atoms with van der Waals surface area (Å²) in [5.41, 5.74) is 27.6. The Hall–Kier alpha value is -5.22. The monoisotopic (exact) mass is 1020 g/mol. The van der Waals surface area contributed by atoms with Crippen LogP contribution in [0.1, 0.15) is 80.1 Å². The van der Waals surface area contributed by atoms with E-state index in [2.05, 4.69) is 90.4 Å². The minimum Gasteiger partial charge on any atom is -0.480 e. The van der Waals surface area contributed by atoms with Gasteiger partial charge >= 0.3 is 5.97 Å². The van der Waals surface area contributed by atoms with Gasteiger partial charge in [-0.05, 0) is 49.9 Å². The molecule has 0 rings (SSSR count). The van der Waals surface area contributed by atoms with Crippen molar-refractivity contribution in [3.8, 4) is 0 Å². The number of hydrogen-bond acceptors (Lipinski definition) is 15. The predicted molar refractivity (Wildman–Crippen MR) is 267 cm³/mol. The van der Waals surface area contributed by atoms with E-state index in [1.54, 1.807) is 41.5 Å². The number of nitrogens with one attached hydrogen (secondary N) is 8. The van der Waals surface area contributed by atoms with Gasteiger partial charge in [0.15, 0.2) is 11.9 Å². The van der Waals surface area contributed by atoms with Gasteiger partial charge in [-0.2, -0.15) is 37.9 Å². The maximum atomic E-state index is 13.9. The summed E-state index contributed by atoms with van der Waals surface area (Å²) in [6.45, 7) is 9.99. The lowest BCUT2D eigenvalue weighted by molar-refractivity contribution is -0.141. The summed E-state index contributed by atoms with van der Waals surface area (Å²) >= 11 is 12.4. The van der Waals surface area contributed by atoms with Crippen molar-refractivity contribution in [1.29, 1.82) is 0 Å². The third-order valence-electron chi connectivity index (χ3n) is 10.1. The molecule has 0 unspecified atom stereocenters. The topological polar surface area (TPSA) is 425 Å². The van der Waals surface area contributed by atoms with Crippen LogP contribution in [0.4, 0.5) is 0 Å². The van der Waals surface area contributed by atoms with Gasteiger partial charge in [0.2, 0.25) is 47.3 Å². The first-order valence-electron chi connectivity index (χ1n) is 22.1. The van der Waals surface area contributed by atoms with Crippen molar-refractivity contribution in [2.45, 2.75) is 128 Å². The molecule has 0 spiro atoms. The summed E-state index contributed by atoms with van der Waals surface area (Å²) in [5, 5.41) is 29.5. The molecule has 8 amide bonds. The lowest BCUT2D eigenvalue weighted by Gasteiger charge is -2.29. The van der Waals surface area contributed by atoms with Crippen LogP contribution in [0.3, 0.4) is 0 Å². The predicted octanol–water partition coefficient (Wildman–Crippen LogP) is -4.45. The average Bonchev–Trinajstić information content (AvgIpc) is 3.27. The van der Waals surface area contributed by atoms with E-state index in [1.807, 2.05) is 0 Å². The number of amides is 8. The standard InChI is InChI=1S/C40H75N15O10S3/c1-7-21(6)30(55-35(61)26(17-67)51-31(57)22(41)10-8-12-46-39(42)43)37(63)52-25(16-66)34(60)49-23(11-9-13-47-40(44)45)33(59)50-24(14-19(2)3)32(58)48-15-28(56)54-29(20(4)5)36(62)53-27(18-68)38(64)65/h19-27,29-30,66-68H,7-18,41H2,1-6H3,(H,48,58)(H,49,60)(H,50,59)(H,51,57)(H,52,63)(H,53,62)(H,54,56)(H,55,61)(H,64,65)(H4,42,43,46)(H4,44,45,47)/t21-,22-,23-,24-,25-,26-,27-,29-,30-/m0/s1. The average molecular weight is 1020 g/mol. The van der Waals surface area contributed by atoms with E-state index < -0.39 is 120 Å². The first-order chi connectivity index (χ1) is 31.8. The van der Waals surface area contributed by atoms with Crippen LogP contribution in [-0.4, -0.2) is 155 Å². The zero-order valence-corrected chi connectivity index (χ0v) is 42.3. The molecule has 0 aromatic rings. The SMILES string of the molecule is CC[C@H](C)[C@H](NC(=O)[C@H](CS)NC(=O)[C@@H](N)CCCN=C(N)N)C(=O)N[C@@H](CS)C(=O)N[C@@H](CCCN=C(N)N)C(=O)N[C@@H](CC(C)C)C(=O)NCC(=O)N[C@H](C(=O)N[C@@H](CS)C(=O)O)C(C)C. The summed E-state index contributed by atoms with van der Waals surface area (Å²) in [6.07, 6.45) is 1.23. The molecule has 0 aliphatic carbocycles. The summed E-state index contributed by atoms with van der Waals surface area (Å²) in [6, 6.07) is -9.74. The van der Waals surface area contributed by atoms with Crippen LogP contribution >= 0.6 is 37.9 Å². The number of carboxylic acid groups (broad SMARTS) is 1. The number of carbonyl (C=O) groups excluding carboxylic acids is 8. The molecule has 0 bridgehead atoms. The molecule has 0 radical (unpaired) electrons. The van der Waals surface area contributed by atoms with Crippen LogP contribution in [0.2, 0.25) is 0 Å². The highest BCUT2D eigenvalue weighted by Crippen LogP contribution is 2.12. The summed E-state index contributed by atoms with van der Waals surface area (Å²) in [4.78, 5) is 126. The fourth-order valence-electron chi connectivity index (χ4n) is 6.05. The minimum atomic E-state index is -1.35. The third-order valence-corrected chi connectivity index (χ3v) is 11.2. The number of nitrogens with zero attached hydrogens (tertiary/aromatic N) is 2. The molecule has 28 heteroatoms. The van der Waals surface area contributed by atoms with E-state index in [4.69, 9.17) is 28.7 Å². The second-order valence-electron chi connectivity index (χ2n) is 16.7. The third kappa shape index (κ3) is 24.7. The van der Waals surface area contributed by atoms with Gasteiger partial charge in [0, 0.05) is 30.3 Å². The number of aliphatic carboxylic acids is 1. The van der Waals surface area contributed by atoms with E-state index >= 15 is 0 Å². The number of guanidine groups is 2. The van der Waals surface area contributed by atoms with Crippen molar-refractivity contribution in [1.82, 2.24) is 42.5 Å². The van der Waals surface area contributed by atoms with Crippen LogP contribution in [0.5, 0.6) is 0 Å². The number of carbonyl (C=O) groups is 9. The molecule has 0 aromatic heterocycles. The Bertz CT molecular complexity index is 1750. The molecular formula is C40H75N15O10S3. The smallest absolute Gasteiger partial charge is 0.327 e. The van der Waals surface area contributed by atoms with Crippen LogP contribution < -0.4 is 71.2 Å². The fraction of sp³-hybridized carbons (Fsp3) is 0.725. The summed E-state index contributed by atoms with van der Waals surface area (Å²) in [7, 11) is 0. The second-order valence-corrected chi connectivity index (χ2v) is 17.8. The van der Waals surface area contributed by atoms with Crippen molar-refractivity contribution >= 4 is 103 Å². The van der Waals surface area contributed by atoms with Crippen molar-refractivity contribution in [2.75, 3.05) is 36.9 Å². The lowest BCUT2D eigenvalue weighted by Crippen LogP contribution is -2.61. The molecule has 0 aliphatic heterocycles.